The summed E-state index contributed by atoms with van der Waals surface area (Å²) in [6.07, 6.45) is 14.3. The fourth-order valence-electron chi connectivity index (χ4n) is 4.78. The van der Waals surface area contributed by atoms with Crippen LogP contribution in [0.2, 0.25) is 0 Å². The summed E-state index contributed by atoms with van der Waals surface area (Å²) in [5.41, 5.74) is 2.56. The minimum atomic E-state index is -2.27. The Hall–Kier alpha value is -1.72. The largest absolute Gasteiger partial charge is 0.262 e. The van der Waals surface area contributed by atoms with E-state index in [2.05, 4.69) is 73.1 Å². The first-order chi connectivity index (χ1) is 13.3. The highest BCUT2D eigenvalue weighted by Gasteiger charge is 2.49. The number of nitrogens with zero attached hydrogens (tertiary/aromatic N) is 2. The van der Waals surface area contributed by atoms with Gasteiger partial charge in [0.05, 0.1) is 17.8 Å². The Morgan fingerprint density at radius 2 is 1.93 bits per heavy atom. The lowest BCUT2D eigenvalue weighted by molar-refractivity contribution is 0.167. The second-order valence-corrected chi connectivity index (χ2v) is 11.7. The molecule has 4 rings (SSSR count). The van der Waals surface area contributed by atoms with E-state index in [-0.39, 0.29) is 17.4 Å². The van der Waals surface area contributed by atoms with Crippen LogP contribution >= 0.6 is 0 Å². The summed E-state index contributed by atoms with van der Waals surface area (Å²) in [6, 6.07) is 9.04. The van der Waals surface area contributed by atoms with E-state index in [1.807, 2.05) is 12.3 Å². The number of fused-ring (bicyclic) bond motifs is 1. The lowest BCUT2D eigenvalue weighted by Gasteiger charge is -2.44. The van der Waals surface area contributed by atoms with Crippen molar-refractivity contribution in [1.82, 2.24) is 4.72 Å². The van der Waals surface area contributed by atoms with Gasteiger partial charge in [-0.15, -0.1) is 4.72 Å². The van der Waals surface area contributed by atoms with Crippen molar-refractivity contribution in [1.29, 1.82) is 0 Å². The molecule has 5 heteroatoms. The third kappa shape index (κ3) is 3.87. The Morgan fingerprint density at radius 3 is 2.61 bits per heavy atom. The van der Waals surface area contributed by atoms with Gasteiger partial charge in [0.15, 0.2) is 15.0 Å². The molecule has 1 aliphatic heterocycles. The minimum Gasteiger partial charge on any atom is -0.262 e. The van der Waals surface area contributed by atoms with Crippen molar-refractivity contribution in [3.8, 4) is 0 Å². The van der Waals surface area contributed by atoms with Crippen LogP contribution in [-0.4, -0.2) is 24.6 Å². The molecule has 2 aliphatic carbocycles. The Kier molecular flexibility index (Phi) is 5.09. The van der Waals surface area contributed by atoms with Crippen molar-refractivity contribution >= 4 is 22.0 Å². The van der Waals surface area contributed by atoms with Crippen LogP contribution in [0.15, 0.2) is 52.5 Å². The van der Waals surface area contributed by atoms with Crippen LogP contribution in [0.3, 0.4) is 0 Å². The highest BCUT2D eigenvalue weighted by molar-refractivity contribution is 8.04. The fourth-order valence-corrected chi connectivity index (χ4v) is 6.53. The number of hydrazone groups is 1. The lowest BCUT2D eigenvalue weighted by atomic mass is 9.68. The average molecular weight is 399 g/mol. The van der Waals surface area contributed by atoms with Crippen LogP contribution in [0.5, 0.6) is 0 Å². The van der Waals surface area contributed by atoms with E-state index in [0.29, 0.717) is 6.04 Å². The maximum Gasteiger partial charge on any atom is 0.185 e. The summed E-state index contributed by atoms with van der Waals surface area (Å²) in [6.45, 7) is 6.75. The summed E-state index contributed by atoms with van der Waals surface area (Å²) in [5.74, 6) is 0.267. The van der Waals surface area contributed by atoms with Crippen molar-refractivity contribution in [2.75, 3.05) is 11.3 Å². The number of rotatable bonds is 4. The highest BCUT2D eigenvalue weighted by Crippen LogP contribution is 2.44. The molecule has 1 aromatic rings. The molecule has 1 heterocycles. The van der Waals surface area contributed by atoms with E-state index in [1.165, 1.54) is 5.56 Å². The second kappa shape index (κ2) is 7.27. The number of benzene rings is 1. The van der Waals surface area contributed by atoms with Crippen molar-refractivity contribution < 1.29 is 4.21 Å². The predicted molar refractivity (Wildman–Crippen MR) is 120 cm³/mol. The van der Waals surface area contributed by atoms with Crippen LogP contribution in [0.4, 0.5) is 5.69 Å². The van der Waals surface area contributed by atoms with Gasteiger partial charge < -0.3 is 0 Å². The topological polar surface area (TPSA) is 44.7 Å². The first-order valence-electron chi connectivity index (χ1n) is 10.3. The van der Waals surface area contributed by atoms with Gasteiger partial charge in [0.1, 0.15) is 6.26 Å². The molecule has 0 bridgehead atoms. The molecule has 4 atom stereocenters. The fraction of sp³-hybridized carbons (Fsp3) is 0.522. The van der Waals surface area contributed by atoms with E-state index in [0.717, 1.165) is 36.3 Å². The molecule has 28 heavy (non-hydrogen) atoms. The molecular weight excluding hydrogens is 366 g/mol. The van der Waals surface area contributed by atoms with Gasteiger partial charge in [-0.05, 0) is 62.3 Å². The molecule has 0 saturated heterocycles. The third-order valence-corrected chi connectivity index (χ3v) is 8.16. The van der Waals surface area contributed by atoms with E-state index >= 15 is 0 Å². The summed E-state index contributed by atoms with van der Waals surface area (Å²) in [4.78, 5) is 0.948. The average Bonchev–Trinajstić information content (AvgIpc) is 3.05. The van der Waals surface area contributed by atoms with Crippen molar-refractivity contribution in [2.45, 2.75) is 58.5 Å². The Morgan fingerprint density at radius 1 is 1.18 bits per heavy atom. The van der Waals surface area contributed by atoms with Gasteiger partial charge in [0, 0.05) is 12.1 Å². The maximum absolute atomic E-state index is 13.5. The van der Waals surface area contributed by atoms with Gasteiger partial charge >= 0.3 is 0 Å². The third-order valence-electron chi connectivity index (χ3n) is 6.21. The van der Waals surface area contributed by atoms with Crippen molar-refractivity contribution in [3.63, 3.8) is 0 Å². The molecule has 0 spiro atoms. The maximum atomic E-state index is 13.5. The summed E-state index contributed by atoms with van der Waals surface area (Å²) in [5, 5.41) is 6.96. The molecular formula is C23H32N3OS+. The van der Waals surface area contributed by atoms with Gasteiger partial charge in [-0.25, -0.2) is 0 Å². The lowest BCUT2D eigenvalue weighted by Crippen LogP contribution is -2.55. The summed E-state index contributed by atoms with van der Waals surface area (Å²) < 4.78 is 17.1. The van der Waals surface area contributed by atoms with Crippen LogP contribution in [0.1, 0.15) is 45.1 Å². The molecule has 1 aromatic carbocycles. The molecule has 3 unspecified atom stereocenters. The Labute approximate surface area is 170 Å². The smallest absolute Gasteiger partial charge is 0.185 e. The quantitative estimate of drug-likeness (QED) is 0.738. The van der Waals surface area contributed by atoms with Gasteiger partial charge in [-0.1, -0.05) is 41.8 Å². The highest BCUT2D eigenvalue weighted by atomic mass is 32.3. The van der Waals surface area contributed by atoms with Crippen LogP contribution in [0, 0.1) is 18.3 Å². The van der Waals surface area contributed by atoms with Crippen molar-refractivity contribution in [2.24, 2.45) is 16.4 Å². The molecule has 1 saturated carbocycles. The van der Waals surface area contributed by atoms with Crippen LogP contribution in [-0.2, 0) is 14.3 Å². The number of anilines is 1. The number of allylic oxidation sites excluding steroid dienone is 3. The molecule has 0 amide bonds. The molecule has 3 aliphatic rings. The zero-order valence-electron chi connectivity index (χ0n) is 17.4. The standard InChI is InChI=1S/C23H32N3OS/c1-17-10-12-18(13-11-17)26-22-15-23(2,3)14-21(20(22)16-24-26)25-28(4,27)19-8-6-5-7-9-19/h6,8-13,16,20-22H,5,7,14-15H2,1-4H3,(H,25,27)/q+1/t20?,21?,22-,28?/m1/s1. The molecule has 150 valence electrons. The van der Waals surface area contributed by atoms with E-state index < -0.39 is 10.1 Å². The van der Waals surface area contributed by atoms with Crippen LogP contribution in [0.25, 0.3) is 0 Å². The Bertz CT molecular complexity index is 868. The number of nitrogens with one attached hydrogen (secondary N) is 1. The van der Waals surface area contributed by atoms with Gasteiger partial charge in [-0.3, -0.25) is 5.01 Å². The van der Waals surface area contributed by atoms with Crippen LogP contribution < -0.4 is 9.73 Å². The number of aryl methyl sites for hydroxylation is 1. The van der Waals surface area contributed by atoms with E-state index in [1.54, 1.807) is 0 Å². The number of hydrogen-bond acceptors (Lipinski definition) is 3. The number of hydrogen-bond donors (Lipinski definition) is 1. The molecule has 0 radical (unpaired) electrons. The predicted octanol–water partition coefficient (Wildman–Crippen LogP) is 4.84. The van der Waals surface area contributed by atoms with E-state index in [9.17, 15) is 4.21 Å². The zero-order valence-corrected chi connectivity index (χ0v) is 18.2. The minimum absolute atomic E-state index is 0.154. The normalized spacial score (nSPS) is 30.6. The van der Waals surface area contributed by atoms with Gasteiger partial charge in [0.25, 0.3) is 0 Å². The first kappa shape index (κ1) is 19.6. The zero-order chi connectivity index (χ0) is 19.9. The summed E-state index contributed by atoms with van der Waals surface area (Å²) >= 11 is 0. The SMILES string of the molecule is Cc1ccc(N2N=CC3C(N[S+](C)(=O)C4=CCCC=C4)CC(C)(C)C[C@H]32)cc1. The molecule has 0 aromatic heterocycles. The van der Waals surface area contributed by atoms with E-state index in [4.69, 9.17) is 5.10 Å². The van der Waals surface area contributed by atoms with Gasteiger partial charge in [0.2, 0.25) is 0 Å². The molecule has 1 N–H and O–H groups in total. The molecule has 1 fully saturated rings. The first-order valence-corrected chi connectivity index (χ1v) is 12.3. The second-order valence-electron chi connectivity index (χ2n) is 9.32. The van der Waals surface area contributed by atoms with Gasteiger partial charge in [-0.2, -0.15) is 5.10 Å². The van der Waals surface area contributed by atoms with Crippen molar-refractivity contribution in [3.05, 3.63) is 53.0 Å². The summed E-state index contributed by atoms with van der Waals surface area (Å²) in [7, 11) is -2.27. The molecule has 4 nitrogen and oxygen atoms in total. The Balaban J connectivity index is 1.58. The monoisotopic (exact) mass is 398 g/mol.